The van der Waals surface area contributed by atoms with Crippen LogP contribution in [0.15, 0.2) is 60.7 Å². The van der Waals surface area contributed by atoms with E-state index in [9.17, 15) is 9.59 Å². The third-order valence-electron chi connectivity index (χ3n) is 5.88. The molecule has 2 amide bonds. The molecule has 3 rings (SSSR count). The van der Waals surface area contributed by atoms with Crippen molar-refractivity contribution in [2.45, 2.75) is 45.4 Å². The van der Waals surface area contributed by atoms with Crippen molar-refractivity contribution < 1.29 is 9.59 Å². The first kappa shape index (κ1) is 21.1. The lowest BCUT2D eigenvalue weighted by atomic mass is 9.80. The number of carbonyl (C=O) groups excluding carboxylic acids is 2. The number of carbonyl (C=O) groups is 2. The predicted molar refractivity (Wildman–Crippen MR) is 118 cm³/mol. The maximum absolute atomic E-state index is 13.0. The van der Waals surface area contributed by atoms with Crippen LogP contribution in [-0.2, 0) is 16.0 Å². The number of para-hydroxylation sites is 1. The lowest BCUT2D eigenvalue weighted by molar-refractivity contribution is -0.129. The van der Waals surface area contributed by atoms with Crippen LogP contribution in [0.2, 0.25) is 0 Å². The summed E-state index contributed by atoms with van der Waals surface area (Å²) in [4.78, 5) is 27.3. The average molecular weight is 393 g/mol. The Morgan fingerprint density at radius 3 is 2.10 bits per heavy atom. The predicted octanol–water partition coefficient (Wildman–Crippen LogP) is 4.59. The zero-order valence-electron chi connectivity index (χ0n) is 17.3. The first-order chi connectivity index (χ1) is 14.2. The highest BCUT2D eigenvalue weighted by Crippen LogP contribution is 2.31. The number of benzene rings is 2. The number of rotatable bonds is 8. The SMILES string of the molecule is CCN(C(=O)C1CCC(C(=O)NCCCc2ccccc2)CC1)c1ccccc1. The van der Waals surface area contributed by atoms with Crippen molar-refractivity contribution in [1.29, 1.82) is 0 Å². The number of anilines is 1. The molecule has 1 aliphatic carbocycles. The molecule has 0 heterocycles. The molecule has 1 aliphatic rings. The highest BCUT2D eigenvalue weighted by molar-refractivity contribution is 5.95. The van der Waals surface area contributed by atoms with E-state index in [1.54, 1.807) is 0 Å². The van der Waals surface area contributed by atoms with Gasteiger partial charge in [0.2, 0.25) is 11.8 Å². The molecule has 0 atom stereocenters. The molecule has 2 aromatic carbocycles. The van der Waals surface area contributed by atoms with Crippen molar-refractivity contribution in [3.8, 4) is 0 Å². The van der Waals surface area contributed by atoms with Gasteiger partial charge in [-0.2, -0.15) is 0 Å². The van der Waals surface area contributed by atoms with Gasteiger partial charge < -0.3 is 10.2 Å². The zero-order chi connectivity index (χ0) is 20.5. The van der Waals surface area contributed by atoms with Crippen LogP contribution >= 0.6 is 0 Å². The molecule has 1 N–H and O–H groups in total. The average Bonchev–Trinajstić information content (AvgIpc) is 2.78. The van der Waals surface area contributed by atoms with Gasteiger partial charge in [-0.3, -0.25) is 9.59 Å². The molecule has 0 radical (unpaired) electrons. The van der Waals surface area contributed by atoms with E-state index in [0.29, 0.717) is 13.1 Å². The van der Waals surface area contributed by atoms with Crippen LogP contribution in [-0.4, -0.2) is 24.9 Å². The molecule has 0 spiro atoms. The smallest absolute Gasteiger partial charge is 0.230 e. The van der Waals surface area contributed by atoms with Gasteiger partial charge in [-0.15, -0.1) is 0 Å². The van der Waals surface area contributed by atoms with Crippen LogP contribution in [0, 0.1) is 11.8 Å². The van der Waals surface area contributed by atoms with Crippen molar-refractivity contribution in [3.63, 3.8) is 0 Å². The van der Waals surface area contributed by atoms with Gasteiger partial charge in [0, 0.05) is 30.6 Å². The normalized spacial score (nSPS) is 18.8. The molecule has 2 aromatic rings. The molecule has 0 saturated heterocycles. The first-order valence-corrected chi connectivity index (χ1v) is 10.9. The van der Waals surface area contributed by atoms with E-state index in [1.807, 2.05) is 60.4 Å². The Labute approximate surface area is 174 Å². The van der Waals surface area contributed by atoms with Crippen molar-refractivity contribution in [3.05, 3.63) is 66.2 Å². The van der Waals surface area contributed by atoms with E-state index >= 15 is 0 Å². The van der Waals surface area contributed by atoms with Crippen LogP contribution in [0.25, 0.3) is 0 Å². The van der Waals surface area contributed by atoms with Gasteiger partial charge >= 0.3 is 0 Å². The Morgan fingerprint density at radius 2 is 1.48 bits per heavy atom. The number of hydrogen-bond donors (Lipinski definition) is 1. The molecular weight excluding hydrogens is 360 g/mol. The number of nitrogens with one attached hydrogen (secondary N) is 1. The van der Waals surface area contributed by atoms with E-state index in [1.165, 1.54) is 5.56 Å². The minimum atomic E-state index is 0.0253. The summed E-state index contributed by atoms with van der Waals surface area (Å²) in [6.45, 7) is 3.40. The molecule has 0 bridgehead atoms. The molecule has 154 valence electrons. The van der Waals surface area contributed by atoms with E-state index in [0.717, 1.165) is 44.2 Å². The second kappa shape index (κ2) is 10.8. The molecule has 1 saturated carbocycles. The summed E-state index contributed by atoms with van der Waals surface area (Å²) in [5, 5.41) is 3.09. The third kappa shape index (κ3) is 5.93. The zero-order valence-corrected chi connectivity index (χ0v) is 17.3. The summed E-state index contributed by atoms with van der Waals surface area (Å²) < 4.78 is 0. The van der Waals surface area contributed by atoms with Crippen LogP contribution in [0.5, 0.6) is 0 Å². The molecular formula is C25H32N2O2. The van der Waals surface area contributed by atoms with E-state index in [4.69, 9.17) is 0 Å². The molecule has 0 aromatic heterocycles. The van der Waals surface area contributed by atoms with Gasteiger partial charge in [-0.1, -0.05) is 48.5 Å². The topological polar surface area (TPSA) is 49.4 Å². The number of aryl methyl sites for hydroxylation is 1. The first-order valence-electron chi connectivity index (χ1n) is 10.9. The Kier molecular flexibility index (Phi) is 7.85. The fourth-order valence-corrected chi connectivity index (χ4v) is 4.19. The highest BCUT2D eigenvalue weighted by Gasteiger charge is 2.32. The molecule has 4 heteroatoms. The maximum atomic E-state index is 13.0. The summed E-state index contributed by atoms with van der Waals surface area (Å²) in [7, 11) is 0. The Balaban J connectivity index is 1.41. The van der Waals surface area contributed by atoms with Crippen LogP contribution in [0.3, 0.4) is 0 Å². The highest BCUT2D eigenvalue weighted by atomic mass is 16.2. The van der Waals surface area contributed by atoms with Crippen LogP contribution < -0.4 is 10.2 Å². The Hall–Kier alpha value is -2.62. The van der Waals surface area contributed by atoms with Crippen molar-refractivity contribution in [1.82, 2.24) is 5.32 Å². The van der Waals surface area contributed by atoms with Crippen LogP contribution in [0.1, 0.15) is 44.6 Å². The lowest BCUT2D eigenvalue weighted by Crippen LogP contribution is -2.40. The molecule has 0 aliphatic heterocycles. The monoisotopic (exact) mass is 392 g/mol. The van der Waals surface area contributed by atoms with Gasteiger partial charge in [0.05, 0.1) is 0 Å². The largest absolute Gasteiger partial charge is 0.356 e. The van der Waals surface area contributed by atoms with Gasteiger partial charge in [0.1, 0.15) is 0 Å². The fraction of sp³-hybridized carbons (Fsp3) is 0.440. The second-order valence-electron chi connectivity index (χ2n) is 7.85. The van der Waals surface area contributed by atoms with Gasteiger partial charge in [0.15, 0.2) is 0 Å². The van der Waals surface area contributed by atoms with Crippen molar-refractivity contribution >= 4 is 17.5 Å². The summed E-state index contributed by atoms with van der Waals surface area (Å²) >= 11 is 0. The van der Waals surface area contributed by atoms with Gasteiger partial charge in [0.25, 0.3) is 0 Å². The van der Waals surface area contributed by atoms with E-state index in [2.05, 4.69) is 17.4 Å². The fourth-order valence-electron chi connectivity index (χ4n) is 4.19. The molecule has 0 unspecified atom stereocenters. The quantitative estimate of drug-likeness (QED) is 0.668. The Morgan fingerprint density at radius 1 is 0.897 bits per heavy atom. The van der Waals surface area contributed by atoms with Gasteiger partial charge in [-0.25, -0.2) is 0 Å². The third-order valence-corrected chi connectivity index (χ3v) is 5.88. The summed E-state index contributed by atoms with van der Waals surface area (Å²) in [6.07, 6.45) is 5.12. The van der Waals surface area contributed by atoms with E-state index in [-0.39, 0.29) is 23.7 Å². The Bertz CT molecular complexity index is 768. The van der Waals surface area contributed by atoms with E-state index < -0.39 is 0 Å². The van der Waals surface area contributed by atoms with Crippen LogP contribution in [0.4, 0.5) is 5.69 Å². The number of hydrogen-bond acceptors (Lipinski definition) is 2. The van der Waals surface area contributed by atoms with Crippen molar-refractivity contribution in [2.75, 3.05) is 18.0 Å². The minimum absolute atomic E-state index is 0.0253. The molecule has 4 nitrogen and oxygen atoms in total. The minimum Gasteiger partial charge on any atom is -0.356 e. The molecule has 29 heavy (non-hydrogen) atoms. The summed E-state index contributed by atoms with van der Waals surface area (Å²) in [5.74, 6) is 0.416. The second-order valence-corrected chi connectivity index (χ2v) is 7.85. The molecule has 1 fully saturated rings. The number of amides is 2. The summed E-state index contributed by atoms with van der Waals surface area (Å²) in [5.41, 5.74) is 2.26. The number of nitrogens with zero attached hydrogens (tertiary/aromatic N) is 1. The standard InChI is InChI=1S/C25H32N2O2/c1-2-27(23-13-7-4-8-14-23)25(29)22-17-15-21(16-18-22)24(28)26-19-9-12-20-10-5-3-6-11-20/h3-8,10-11,13-14,21-22H,2,9,12,15-19H2,1H3,(H,26,28). The van der Waals surface area contributed by atoms with Crippen molar-refractivity contribution in [2.24, 2.45) is 11.8 Å². The maximum Gasteiger partial charge on any atom is 0.230 e. The van der Waals surface area contributed by atoms with Gasteiger partial charge in [-0.05, 0) is 63.1 Å². The summed E-state index contributed by atoms with van der Waals surface area (Å²) in [6, 6.07) is 20.2. The lowest BCUT2D eigenvalue weighted by Gasteiger charge is -2.31.